The Kier molecular flexibility index (Phi) is 5.58. The van der Waals surface area contributed by atoms with Gasteiger partial charge in [0.25, 0.3) is 0 Å². The Labute approximate surface area is 137 Å². The Balaban J connectivity index is 1.93. The number of benzene rings is 2. The average molecular weight is 310 g/mol. The Bertz CT molecular complexity index is 655. The van der Waals surface area contributed by atoms with Gasteiger partial charge in [0.05, 0.1) is 7.11 Å². The van der Waals surface area contributed by atoms with Crippen molar-refractivity contribution in [1.82, 2.24) is 0 Å². The van der Waals surface area contributed by atoms with Gasteiger partial charge in [-0.05, 0) is 43.2 Å². The fraction of sp³-hybridized carbons (Fsp3) is 0.250. The minimum Gasteiger partial charge on any atom is -0.497 e. The fourth-order valence-electron chi connectivity index (χ4n) is 2.31. The van der Waals surface area contributed by atoms with E-state index in [2.05, 4.69) is 0 Å². The van der Waals surface area contributed by atoms with E-state index in [1.807, 2.05) is 68.4 Å². The van der Waals surface area contributed by atoms with Crippen molar-refractivity contribution in [2.75, 3.05) is 7.11 Å². The highest BCUT2D eigenvalue weighted by Gasteiger charge is 2.22. The molecule has 0 saturated carbocycles. The molecule has 0 aliphatic carbocycles. The standard InChI is InChI=1S/C20H22O3/c1-20(2,15-17-7-5-4-6-8-17)23-19(21)14-11-16-9-12-18(22-3)13-10-16/h4-14H,15H2,1-3H3/b14-11+. The van der Waals surface area contributed by atoms with Crippen LogP contribution in [-0.2, 0) is 16.0 Å². The molecular weight excluding hydrogens is 288 g/mol. The zero-order chi connectivity index (χ0) is 16.7. The molecule has 0 saturated heterocycles. The van der Waals surface area contributed by atoms with Crippen LogP contribution in [0.3, 0.4) is 0 Å². The molecule has 0 bridgehead atoms. The van der Waals surface area contributed by atoms with Crippen LogP contribution in [0.5, 0.6) is 5.75 Å². The first kappa shape index (κ1) is 16.8. The molecule has 0 aliphatic heterocycles. The topological polar surface area (TPSA) is 35.5 Å². The number of carbonyl (C=O) groups is 1. The molecule has 0 radical (unpaired) electrons. The number of rotatable bonds is 6. The minimum atomic E-state index is -0.553. The predicted octanol–water partition coefficient (Wildman–Crippen LogP) is 4.27. The monoisotopic (exact) mass is 310 g/mol. The number of hydrogen-bond donors (Lipinski definition) is 0. The summed E-state index contributed by atoms with van der Waals surface area (Å²) in [5, 5.41) is 0. The van der Waals surface area contributed by atoms with Crippen molar-refractivity contribution in [2.45, 2.75) is 25.9 Å². The quantitative estimate of drug-likeness (QED) is 0.590. The van der Waals surface area contributed by atoms with E-state index in [0.717, 1.165) is 16.9 Å². The molecule has 0 N–H and O–H groups in total. The molecule has 120 valence electrons. The van der Waals surface area contributed by atoms with Gasteiger partial charge in [0.1, 0.15) is 11.4 Å². The first-order valence-electron chi connectivity index (χ1n) is 7.57. The summed E-state index contributed by atoms with van der Waals surface area (Å²) >= 11 is 0. The minimum absolute atomic E-state index is 0.346. The third-order valence-electron chi connectivity index (χ3n) is 3.38. The van der Waals surface area contributed by atoms with Crippen molar-refractivity contribution in [3.63, 3.8) is 0 Å². The maximum atomic E-state index is 12.0. The Morgan fingerprint density at radius 1 is 1.04 bits per heavy atom. The molecule has 0 heterocycles. The second kappa shape index (κ2) is 7.63. The first-order chi connectivity index (χ1) is 11.0. The lowest BCUT2D eigenvalue weighted by atomic mass is 9.98. The highest BCUT2D eigenvalue weighted by Crippen LogP contribution is 2.18. The molecule has 0 unspecified atom stereocenters. The van der Waals surface area contributed by atoms with E-state index in [4.69, 9.17) is 9.47 Å². The van der Waals surface area contributed by atoms with Crippen LogP contribution in [0.1, 0.15) is 25.0 Å². The lowest BCUT2D eigenvalue weighted by Gasteiger charge is -2.24. The maximum absolute atomic E-state index is 12.0. The molecule has 0 aliphatic rings. The Morgan fingerprint density at radius 2 is 1.70 bits per heavy atom. The molecule has 2 aromatic rings. The summed E-state index contributed by atoms with van der Waals surface area (Å²) in [6.45, 7) is 3.83. The van der Waals surface area contributed by atoms with E-state index in [9.17, 15) is 4.79 Å². The number of methoxy groups -OCH3 is 1. The number of carbonyl (C=O) groups excluding carboxylic acids is 1. The van der Waals surface area contributed by atoms with Crippen LogP contribution in [0.25, 0.3) is 6.08 Å². The second-order valence-electron chi connectivity index (χ2n) is 5.95. The van der Waals surface area contributed by atoms with Gasteiger partial charge in [0.15, 0.2) is 0 Å². The molecule has 0 spiro atoms. The summed E-state index contributed by atoms with van der Waals surface area (Å²) < 4.78 is 10.7. The van der Waals surface area contributed by atoms with Crippen LogP contribution in [-0.4, -0.2) is 18.7 Å². The highest BCUT2D eigenvalue weighted by atomic mass is 16.6. The van der Waals surface area contributed by atoms with Crippen molar-refractivity contribution in [1.29, 1.82) is 0 Å². The SMILES string of the molecule is COc1ccc(/C=C/C(=O)OC(C)(C)Cc2ccccc2)cc1. The summed E-state index contributed by atoms with van der Waals surface area (Å²) in [5.74, 6) is 0.440. The number of ether oxygens (including phenoxy) is 2. The van der Waals surface area contributed by atoms with Gasteiger partial charge in [-0.3, -0.25) is 0 Å². The fourth-order valence-corrected chi connectivity index (χ4v) is 2.31. The van der Waals surface area contributed by atoms with E-state index in [1.165, 1.54) is 6.08 Å². The van der Waals surface area contributed by atoms with E-state index in [1.54, 1.807) is 13.2 Å². The number of hydrogen-bond acceptors (Lipinski definition) is 3. The summed E-state index contributed by atoms with van der Waals surface area (Å²) in [6, 6.07) is 17.5. The van der Waals surface area contributed by atoms with E-state index in [-0.39, 0.29) is 5.97 Å². The van der Waals surface area contributed by atoms with E-state index < -0.39 is 5.60 Å². The molecule has 23 heavy (non-hydrogen) atoms. The average Bonchev–Trinajstić information content (AvgIpc) is 2.53. The summed E-state index contributed by atoms with van der Waals surface area (Å²) in [7, 11) is 1.62. The zero-order valence-electron chi connectivity index (χ0n) is 13.8. The summed E-state index contributed by atoms with van der Waals surface area (Å²) in [5.41, 5.74) is 1.51. The predicted molar refractivity (Wildman–Crippen MR) is 92.3 cm³/mol. The van der Waals surface area contributed by atoms with Gasteiger partial charge < -0.3 is 9.47 Å². The van der Waals surface area contributed by atoms with Crippen LogP contribution >= 0.6 is 0 Å². The van der Waals surface area contributed by atoms with Gasteiger partial charge in [-0.15, -0.1) is 0 Å². The van der Waals surface area contributed by atoms with Crippen LogP contribution < -0.4 is 4.74 Å². The summed E-state index contributed by atoms with van der Waals surface area (Å²) in [4.78, 5) is 12.0. The van der Waals surface area contributed by atoms with Gasteiger partial charge in [-0.25, -0.2) is 4.79 Å². The third-order valence-corrected chi connectivity index (χ3v) is 3.38. The van der Waals surface area contributed by atoms with Gasteiger partial charge in [0.2, 0.25) is 0 Å². The van der Waals surface area contributed by atoms with Crippen molar-refractivity contribution < 1.29 is 14.3 Å². The lowest BCUT2D eigenvalue weighted by Crippen LogP contribution is -2.29. The molecule has 3 nitrogen and oxygen atoms in total. The third kappa shape index (κ3) is 5.62. The van der Waals surface area contributed by atoms with E-state index in [0.29, 0.717) is 6.42 Å². The number of esters is 1. The largest absolute Gasteiger partial charge is 0.497 e. The second-order valence-corrected chi connectivity index (χ2v) is 5.95. The van der Waals surface area contributed by atoms with Crippen LogP contribution in [0.4, 0.5) is 0 Å². The zero-order valence-corrected chi connectivity index (χ0v) is 13.8. The van der Waals surface area contributed by atoms with Gasteiger partial charge in [-0.1, -0.05) is 42.5 Å². The van der Waals surface area contributed by atoms with Gasteiger partial charge >= 0.3 is 5.97 Å². The van der Waals surface area contributed by atoms with E-state index >= 15 is 0 Å². The molecular formula is C20H22O3. The first-order valence-corrected chi connectivity index (χ1v) is 7.57. The smallest absolute Gasteiger partial charge is 0.331 e. The molecule has 0 fully saturated rings. The van der Waals surface area contributed by atoms with Gasteiger partial charge in [0, 0.05) is 12.5 Å². The molecule has 0 amide bonds. The molecule has 3 heteroatoms. The van der Waals surface area contributed by atoms with Crippen molar-refractivity contribution in [3.8, 4) is 5.75 Å². The molecule has 2 rings (SSSR count). The van der Waals surface area contributed by atoms with Crippen LogP contribution in [0, 0.1) is 0 Å². The molecule has 0 aromatic heterocycles. The van der Waals surface area contributed by atoms with Crippen molar-refractivity contribution >= 4 is 12.0 Å². The summed E-state index contributed by atoms with van der Waals surface area (Å²) in [6.07, 6.45) is 3.87. The van der Waals surface area contributed by atoms with Crippen LogP contribution in [0.15, 0.2) is 60.7 Å². The van der Waals surface area contributed by atoms with Crippen molar-refractivity contribution in [2.24, 2.45) is 0 Å². The lowest BCUT2D eigenvalue weighted by molar-refractivity contribution is -0.149. The Morgan fingerprint density at radius 3 is 2.30 bits per heavy atom. The molecule has 2 aromatic carbocycles. The normalized spacial score (nSPS) is 11.4. The maximum Gasteiger partial charge on any atom is 0.331 e. The highest BCUT2D eigenvalue weighted by molar-refractivity contribution is 5.87. The van der Waals surface area contributed by atoms with Crippen LogP contribution in [0.2, 0.25) is 0 Å². The molecule has 0 atom stereocenters. The Hall–Kier alpha value is -2.55. The van der Waals surface area contributed by atoms with Gasteiger partial charge in [-0.2, -0.15) is 0 Å². The van der Waals surface area contributed by atoms with Crippen molar-refractivity contribution in [3.05, 3.63) is 71.8 Å².